The molecule has 1 aliphatic carbocycles. The summed E-state index contributed by atoms with van der Waals surface area (Å²) in [5, 5.41) is 3.36. The summed E-state index contributed by atoms with van der Waals surface area (Å²) in [6.07, 6.45) is 3.30. The van der Waals surface area contributed by atoms with Crippen molar-refractivity contribution in [3.8, 4) is 0 Å². The Morgan fingerprint density at radius 3 is 2.88 bits per heavy atom. The van der Waals surface area contributed by atoms with Gasteiger partial charge in [0, 0.05) is 30.9 Å². The summed E-state index contributed by atoms with van der Waals surface area (Å²) in [6.45, 7) is 6.61. The Morgan fingerprint density at radius 1 is 1.36 bits per heavy atom. The molecule has 25 heavy (non-hydrogen) atoms. The van der Waals surface area contributed by atoms with E-state index in [9.17, 15) is 8.42 Å². The van der Waals surface area contributed by atoms with Crippen molar-refractivity contribution in [2.75, 3.05) is 37.3 Å². The zero-order chi connectivity index (χ0) is 17.7. The largest absolute Gasteiger partial charge is 0.376 e. The predicted octanol–water partition coefficient (Wildman–Crippen LogP) is 1.43. The van der Waals surface area contributed by atoms with Crippen LogP contribution >= 0.6 is 0 Å². The summed E-state index contributed by atoms with van der Waals surface area (Å²) >= 11 is 0. The van der Waals surface area contributed by atoms with Crippen LogP contribution in [0.15, 0.2) is 0 Å². The molecule has 1 aromatic heterocycles. The van der Waals surface area contributed by atoms with Crippen LogP contribution in [0, 0.1) is 12.8 Å². The third-order valence-corrected chi connectivity index (χ3v) is 7.49. The number of ether oxygens (including phenoxy) is 1. The third kappa shape index (κ3) is 3.15. The second-order valence-electron chi connectivity index (χ2n) is 7.54. The van der Waals surface area contributed by atoms with Crippen LogP contribution in [0.1, 0.15) is 43.1 Å². The predicted molar refractivity (Wildman–Crippen MR) is 95.0 cm³/mol. The Kier molecular flexibility index (Phi) is 4.24. The van der Waals surface area contributed by atoms with E-state index < -0.39 is 10.0 Å². The molecular weight excluding hydrogens is 340 g/mol. The van der Waals surface area contributed by atoms with Crippen LogP contribution in [0.3, 0.4) is 0 Å². The van der Waals surface area contributed by atoms with Gasteiger partial charge in [-0.2, -0.15) is 0 Å². The Hall–Kier alpha value is -1.25. The van der Waals surface area contributed by atoms with Crippen LogP contribution in [0.4, 0.5) is 5.95 Å². The van der Waals surface area contributed by atoms with E-state index in [1.165, 1.54) is 12.8 Å². The Labute approximate surface area is 149 Å². The van der Waals surface area contributed by atoms with Gasteiger partial charge in [0.2, 0.25) is 16.0 Å². The SMILES string of the molecule is CCS(=O)(=O)N1CC[C@@]2(COCc3c(C)nc(NCC4CC4)nc32)C1. The second-order valence-corrected chi connectivity index (χ2v) is 9.80. The monoisotopic (exact) mass is 366 g/mol. The lowest BCUT2D eigenvalue weighted by molar-refractivity contribution is 0.0527. The normalized spacial score (nSPS) is 26.8. The highest BCUT2D eigenvalue weighted by atomic mass is 32.2. The van der Waals surface area contributed by atoms with E-state index in [0.29, 0.717) is 32.3 Å². The van der Waals surface area contributed by atoms with E-state index in [1.807, 2.05) is 6.92 Å². The van der Waals surface area contributed by atoms with Gasteiger partial charge < -0.3 is 10.1 Å². The summed E-state index contributed by atoms with van der Waals surface area (Å²) in [7, 11) is -3.19. The van der Waals surface area contributed by atoms with Crippen LogP contribution in [-0.4, -0.2) is 54.7 Å². The molecule has 1 saturated carbocycles. The minimum Gasteiger partial charge on any atom is -0.376 e. The quantitative estimate of drug-likeness (QED) is 0.849. The van der Waals surface area contributed by atoms with E-state index in [4.69, 9.17) is 9.72 Å². The van der Waals surface area contributed by atoms with Crippen molar-refractivity contribution < 1.29 is 13.2 Å². The standard InChI is InChI=1S/C17H26N4O3S/c1-3-25(22,23)21-7-6-17(10-21)11-24-9-14-12(2)19-16(20-15(14)17)18-8-13-4-5-13/h13H,3-11H2,1-2H3,(H,18,19,20)/t17-/m0/s1. The number of rotatable bonds is 5. The lowest BCUT2D eigenvalue weighted by Crippen LogP contribution is -2.42. The number of nitrogens with one attached hydrogen (secondary N) is 1. The van der Waals surface area contributed by atoms with E-state index in [1.54, 1.807) is 11.2 Å². The summed E-state index contributed by atoms with van der Waals surface area (Å²) in [6, 6.07) is 0. The van der Waals surface area contributed by atoms with Gasteiger partial charge in [-0.25, -0.2) is 22.7 Å². The minimum absolute atomic E-state index is 0.133. The molecule has 0 aromatic carbocycles. The number of nitrogens with zero attached hydrogens (tertiary/aromatic N) is 3. The molecule has 1 atom stereocenters. The van der Waals surface area contributed by atoms with Gasteiger partial charge in [-0.3, -0.25) is 0 Å². The summed E-state index contributed by atoms with van der Waals surface area (Å²) in [5.74, 6) is 1.54. The lowest BCUT2D eigenvalue weighted by atomic mass is 9.80. The lowest BCUT2D eigenvalue weighted by Gasteiger charge is -2.35. The highest BCUT2D eigenvalue weighted by Gasteiger charge is 2.48. The van der Waals surface area contributed by atoms with Gasteiger partial charge in [0.05, 0.1) is 30.1 Å². The van der Waals surface area contributed by atoms with Crippen molar-refractivity contribution in [3.05, 3.63) is 17.0 Å². The Morgan fingerprint density at radius 2 is 2.16 bits per heavy atom. The topological polar surface area (TPSA) is 84.4 Å². The summed E-state index contributed by atoms with van der Waals surface area (Å²) in [5.41, 5.74) is 2.59. The van der Waals surface area contributed by atoms with Gasteiger partial charge in [-0.05, 0) is 39.0 Å². The smallest absolute Gasteiger partial charge is 0.223 e. The first kappa shape index (κ1) is 17.2. The highest BCUT2D eigenvalue weighted by Crippen LogP contribution is 2.41. The number of aromatic nitrogens is 2. The van der Waals surface area contributed by atoms with Crippen molar-refractivity contribution in [2.45, 2.75) is 45.1 Å². The van der Waals surface area contributed by atoms with Gasteiger partial charge in [-0.15, -0.1) is 0 Å². The molecule has 4 rings (SSSR count). The zero-order valence-electron chi connectivity index (χ0n) is 14.9. The van der Waals surface area contributed by atoms with Crippen LogP contribution in [0.5, 0.6) is 0 Å². The number of aryl methyl sites for hydroxylation is 1. The van der Waals surface area contributed by atoms with Gasteiger partial charge in [-0.1, -0.05) is 0 Å². The van der Waals surface area contributed by atoms with E-state index in [-0.39, 0.29) is 11.2 Å². The second kappa shape index (κ2) is 6.17. The fourth-order valence-corrected chi connectivity index (χ4v) is 5.00. The van der Waals surface area contributed by atoms with E-state index >= 15 is 0 Å². The zero-order valence-corrected chi connectivity index (χ0v) is 15.7. The fourth-order valence-electron chi connectivity index (χ4n) is 3.83. The van der Waals surface area contributed by atoms with Gasteiger partial charge in [0.1, 0.15) is 0 Å². The molecule has 2 aliphatic heterocycles. The molecule has 1 N–H and O–H groups in total. The Balaban J connectivity index is 1.66. The van der Waals surface area contributed by atoms with Crippen molar-refractivity contribution in [1.82, 2.24) is 14.3 Å². The van der Waals surface area contributed by atoms with Crippen molar-refractivity contribution in [3.63, 3.8) is 0 Å². The molecule has 1 spiro atoms. The van der Waals surface area contributed by atoms with E-state index in [0.717, 1.165) is 35.8 Å². The molecule has 138 valence electrons. The molecule has 1 aromatic rings. The van der Waals surface area contributed by atoms with Gasteiger partial charge in [0.15, 0.2) is 0 Å². The molecule has 0 unspecified atom stereocenters. The molecule has 8 heteroatoms. The van der Waals surface area contributed by atoms with Crippen LogP contribution < -0.4 is 5.32 Å². The highest BCUT2D eigenvalue weighted by molar-refractivity contribution is 7.89. The van der Waals surface area contributed by atoms with Crippen LogP contribution in [0.25, 0.3) is 0 Å². The van der Waals surface area contributed by atoms with Crippen molar-refractivity contribution in [1.29, 1.82) is 0 Å². The van der Waals surface area contributed by atoms with E-state index in [2.05, 4.69) is 10.3 Å². The third-order valence-electron chi connectivity index (χ3n) is 5.66. The van der Waals surface area contributed by atoms with Gasteiger partial charge >= 0.3 is 0 Å². The first-order valence-electron chi connectivity index (χ1n) is 9.11. The fraction of sp³-hybridized carbons (Fsp3) is 0.765. The molecular formula is C17H26N4O3S. The first-order valence-corrected chi connectivity index (χ1v) is 10.7. The number of hydrogen-bond acceptors (Lipinski definition) is 6. The molecule has 2 fully saturated rings. The molecule has 3 aliphatic rings. The average molecular weight is 366 g/mol. The van der Waals surface area contributed by atoms with Crippen LogP contribution in [0.2, 0.25) is 0 Å². The molecule has 7 nitrogen and oxygen atoms in total. The molecule has 0 amide bonds. The van der Waals surface area contributed by atoms with Crippen LogP contribution in [-0.2, 0) is 26.8 Å². The first-order chi connectivity index (χ1) is 11.9. The minimum atomic E-state index is -3.19. The number of hydrogen-bond donors (Lipinski definition) is 1. The molecule has 0 radical (unpaired) electrons. The molecule has 1 saturated heterocycles. The summed E-state index contributed by atoms with van der Waals surface area (Å²) in [4.78, 5) is 9.42. The van der Waals surface area contributed by atoms with Crippen molar-refractivity contribution in [2.24, 2.45) is 5.92 Å². The number of fused-ring (bicyclic) bond motifs is 2. The van der Waals surface area contributed by atoms with Gasteiger partial charge in [0.25, 0.3) is 0 Å². The summed E-state index contributed by atoms with van der Waals surface area (Å²) < 4.78 is 32.0. The maximum atomic E-state index is 12.3. The maximum absolute atomic E-state index is 12.3. The Bertz CT molecular complexity index is 778. The molecule has 0 bridgehead atoms. The molecule has 3 heterocycles. The number of anilines is 1. The average Bonchev–Trinajstić information content (AvgIpc) is 3.33. The maximum Gasteiger partial charge on any atom is 0.223 e. The van der Waals surface area contributed by atoms with Crippen molar-refractivity contribution >= 4 is 16.0 Å². The number of sulfonamides is 1.